The van der Waals surface area contributed by atoms with E-state index in [-0.39, 0.29) is 17.5 Å². The molecule has 1 amide bonds. The molecule has 164 valence electrons. The van der Waals surface area contributed by atoms with Crippen molar-refractivity contribution in [2.75, 3.05) is 11.1 Å². The fraction of sp³-hybridized carbons (Fsp3) is 0.115. The molecule has 1 aliphatic heterocycles. The number of halogens is 1. The van der Waals surface area contributed by atoms with Crippen molar-refractivity contribution in [3.63, 3.8) is 0 Å². The van der Waals surface area contributed by atoms with Crippen LogP contribution in [0, 0.1) is 12.7 Å². The van der Waals surface area contributed by atoms with E-state index in [1.807, 2.05) is 55.5 Å². The number of amides is 1. The molecule has 0 aliphatic carbocycles. The van der Waals surface area contributed by atoms with E-state index in [0.29, 0.717) is 28.7 Å². The Hall–Kier alpha value is -3.71. The average molecular weight is 458 g/mol. The highest BCUT2D eigenvalue weighted by atomic mass is 32.2. The number of nitrogens with one attached hydrogen (secondary N) is 1. The summed E-state index contributed by atoms with van der Waals surface area (Å²) in [4.78, 5) is 21.9. The number of carbonyl (C=O) groups is 1. The van der Waals surface area contributed by atoms with Crippen LogP contribution in [-0.4, -0.2) is 21.6 Å². The number of aromatic nitrogens is 2. The van der Waals surface area contributed by atoms with Crippen molar-refractivity contribution in [2.45, 2.75) is 18.4 Å². The molecular weight excluding hydrogens is 437 g/mol. The van der Waals surface area contributed by atoms with Crippen LogP contribution in [0.4, 0.5) is 10.1 Å². The molecule has 7 heteroatoms. The number of nitrogens with zero attached hydrogens (tertiary/aromatic N) is 2. The van der Waals surface area contributed by atoms with Gasteiger partial charge in [0.25, 0.3) is 0 Å². The molecule has 0 fully saturated rings. The maximum Gasteiger partial charge on any atom is 0.234 e. The second-order valence-corrected chi connectivity index (χ2v) is 8.65. The molecule has 2 heterocycles. The fourth-order valence-electron chi connectivity index (χ4n) is 3.66. The molecule has 5 rings (SSSR count). The van der Waals surface area contributed by atoms with Crippen LogP contribution in [0.25, 0.3) is 11.4 Å². The van der Waals surface area contributed by atoms with Crippen LogP contribution in [0.5, 0.6) is 11.6 Å². The first-order chi connectivity index (χ1) is 16.1. The summed E-state index contributed by atoms with van der Waals surface area (Å²) in [6.07, 6.45) is 0.610. The zero-order chi connectivity index (χ0) is 22.8. The minimum atomic E-state index is -0.329. The van der Waals surface area contributed by atoms with Crippen molar-refractivity contribution >= 4 is 23.4 Å². The lowest BCUT2D eigenvalue weighted by atomic mass is 10.0. The Balaban J connectivity index is 1.47. The quantitative estimate of drug-likeness (QED) is 0.258. The van der Waals surface area contributed by atoms with Crippen molar-refractivity contribution in [2.24, 2.45) is 0 Å². The third kappa shape index (κ3) is 4.59. The van der Waals surface area contributed by atoms with Gasteiger partial charge >= 0.3 is 0 Å². The lowest BCUT2D eigenvalue weighted by molar-refractivity contribution is -0.113. The van der Waals surface area contributed by atoms with Gasteiger partial charge in [-0.25, -0.2) is 9.37 Å². The van der Waals surface area contributed by atoms with Crippen molar-refractivity contribution in [1.29, 1.82) is 0 Å². The van der Waals surface area contributed by atoms with Gasteiger partial charge in [0, 0.05) is 17.7 Å². The van der Waals surface area contributed by atoms with Crippen molar-refractivity contribution in [3.8, 4) is 23.0 Å². The number of aryl methyl sites for hydroxylation is 1. The average Bonchev–Trinajstić information content (AvgIpc) is 2.83. The molecule has 0 atom stereocenters. The summed E-state index contributed by atoms with van der Waals surface area (Å²) in [6.45, 7) is 2.00. The van der Waals surface area contributed by atoms with Gasteiger partial charge in [0.1, 0.15) is 16.6 Å². The number of hydrogen-bond donors (Lipinski definition) is 1. The van der Waals surface area contributed by atoms with Gasteiger partial charge in [0.2, 0.25) is 11.8 Å². The predicted octanol–water partition coefficient (Wildman–Crippen LogP) is 6.02. The minimum Gasteiger partial charge on any atom is -0.438 e. The Kier molecular flexibility index (Phi) is 5.79. The lowest BCUT2D eigenvalue weighted by Crippen LogP contribution is -2.15. The number of ether oxygens (including phenoxy) is 1. The van der Waals surface area contributed by atoms with E-state index < -0.39 is 0 Å². The molecule has 0 unspecified atom stereocenters. The van der Waals surface area contributed by atoms with Crippen molar-refractivity contribution < 1.29 is 13.9 Å². The summed E-state index contributed by atoms with van der Waals surface area (Å²) in [7, 11) is 0. The maximum absolute atomic E-state index is 13.4. The molecule has 5 nitrogen and oxygen atoms in total. The normalized spacial score (nSPS) is 11.8. The number of benzene rings is 3. The molecule has 0 saturated carbocycles. The van der Waals surface area contributed by atoms with Crippen LogP contribution in [0.3, 0.4) is 0 Å². The topological polar surface area (TPSA) is 64.1 Å². The zero-order valence-electron chi connectivity index (χ0n) is 17.8. The van der Waals surface area contributed by atoms with E-state index in [9.17, 15) is 9.18 Å². The maximum atomic E-state index is 13.4. The van der Waals surface area contributed by atoms with Gasteiger partial charge in [-0.05, 0) is 54.4 Å². The van der Waals surface area contributed by atoms with Gasteiger partial charge in [-0.15, -0.1) is 0 Å². The SMILES string of the molecule is Cc1cccc2c1Oc1nc(-c3ccc(F)cc3)nc(SCC(=O)Nc3ccccc3)c1C2. The Morgan fingerprint density at radius 2 is 1.82 bits per heavy atom. The van der Waals surface area contributed by atoms with Crippen LogP contribution in [0.2, 0.25) is 0 Å². The second kappa shape index (κ2) is 9.03. The number of hydrogen-bond acceptors (Lipinski definition) is 5. The summed E-state index contributed by atoms with van der Waals surface area (Å²) in [5.74, 6) is 1.42. The first-order valence-electron chi connectivity index (χ1n) is 10.5. The smallest absolute Gasteiger partial charge is 0.234 e. The van der Waals surface area contributed by atoms with Crippen LogP contribution in [0.15, 0.2) is 77.8 Å². The van der Waals surface area contributed by atoms with Crippen LogP contribution < -0.4 is 10.1 Å². The third-order valence-corrected chi connectivity index (χ3v) is 6.31. The molecule has 0 radical (unpaired) electrons. The summed E-state index contributed by atoms with van der Waals surface area (Å²) < 4.78 is 19.6. The monoisotopic (exact) mass is 457 g/mol. The van der Waals surface area contributed by atoms with E-state index >= 15 is 0 Å². The Morgan fingerprint density at radius 3 is 2.61 bits per heavy atom. The highest BCUT2D eigenvalue weighted by Crippen LogP contribution is 2.41. The minimum absolute atomic E-state index is 0.130. The van der Waals surface area contributed by atoms with Gasteiger partial charge in [-0.3, -0.25) is 4.79 Å². The highest BCUT2D eigenvalue weighted by molar-refractivity contribution is 8.00. The molecule has 33 heavy (non-hydrogen) atoms. The van der Waals surface area contributed by atoms with Crippen LogP contribution in [-0.2, 0) is 11.2 Å². The van der Waals surface area contributed by atoms with Crippen molar-refractivity contribution in [3.05, 3.63) is 95.3 Å². The number of thioether (sulfide) groups is 1. The van der Waals surface area contributed by atoms with E-state index in [0.717, 1.165) is 28.1 Å². The van der Waals surface area contributed by atoms with E-state index in [4.69, 9.17) is 9.72 Å². The van der Waals surface area contributed by atoms with Crippen LogP contribution in [0.1, 0.15) is 16.7 Å². The largest absolute Gasteiger partial charge is 0.438 e. The Morgan fingerprint density at radius 1 is 1.03 bits per heavy atom. The molecule has 1 aromatic heterocycles. The lowest BCUT2D eigenvalue weighted by Gasteiger charge is -2.23. The Bertz CT molecular complexity index is 1330. The van der Waals surface area contributed by atoms with Gasteiger partial charge in [0.15, 0.2) is 5.82 Å². The molecule has 4 aromatic rings. The van der Waals surface area contributed by atoms with Crippen LogP contribution >= 0.6 is 11.8 Å². The van der Waals surface area contributed by atoms with Gasteiger partial charge in [0.05, 0.1) is 11.3 Å². The highest BCUT2D eigenvalue weighted by Gasteiger charge is 2.25. The number of para-hydroxylation sites is 2. The van der Waals surface area contributed by atoms with Crippen molar-refractivity contribution in [1.82, 2.24) is 9.97 Å². The molecule has 0 bridgehead atoms. The standard InChI is InChI=1S/C26H20FN3O2S/c1-16-6-5-7-18-14-21-25(32-23(16)18)29-24(17-10-12-19(27)13-11-17)30-26(21)33-15-22(31)28-20-8-3-2-4-9-20/h2-13H,14-15H2,1H3,(H,28,31). The first-order valence-corrected chi connectivity index (χ1v) is 11.5. The number of carbonyl (C=O) groups excluding carboxylic acids is 1. The van der Waals surface area contributed by atoms with Gasteiger partial charge < -0.3 is 10.1 Å². The number of anilines is 1. The zero-order valence-corrected chi connectivity index (χ0v) is 18.7. The molecule has 3 aromatic carbocycles. The predicted molar refractivity (Wildman–Crippen MR) is 127 cm³/mol. The second-order valence-electron chi connectivity index (χ2n) is 7.69. The molecule has 0 spiro atoms. The number of fused-ring (bicyclic) bond motifs is 2. The molecule has 0 saturated heterocycles. The van der Waals surface area contributed by atoms with Gasteiger partial charge in [-0.2, -0.15) is 4.98 Å². The molecule has 1 N–H and O–H groups in total. The third-order valence-electron chi connectivity index (χ3n) is 5.29. The van der Waals surface area contributed by atoms with E-state index in [1.165, 1.54) is 23.9 Å². The summed E-state index contributed by atoms with van der Waals surface area (Å²) in [6, 6.07) is 21.4. The first kappa shape index (κ1) is 21.2. The summed E-state index contributed by atoms with van der Waals surface area (Å²) >= 11 is 1.34. The molecule has 1 aliphatic rings. The number of rotatable bonds is 5. The van der Waals surface area contributed by atoms with E-state index in [1.54, 1.807) is 12.1 Å². The Labute approximate surface area is 195 Å². The summed E-state index contributed by atoms with van der Waals surface area (Å²) in [5.41, 5.74) is 4.34. The summed E-state index contributed by atoms with van der Waals surface area (Å²) in [5, 5.41) is 3.57. The molecular formula is C26H20FN3O2S. The van der Waals surface area contributed by atoms with Gasteiger partial charge in [-0.1, -0.05) is 48.2 Å². The fourth-order valence-corrected chi connectivity index (χ4v) is 4.49. The van der Waals surface area contributed by atoms with E-state index in [2.05, 4.69) is 10.3 Å².